The molecule has 5 nitrogen and oxygen atoms in total. The predicted octanol–water partition coefficient (Wildman–Crippen LogP) is 4.03. The number of ether oxygens (including phenoxy) is 1. The Balaban J connectivity index is 2.05. The Morgan fingerprint density at radius 1 is 1.36 bits per heavy atom. The standard InChI is InChI=1S/C18H17ClN2O3S/c1-10(2)24-18(23)15-11(3)14-16(25-15)20-9-21(17(14)22)8-12-6-4-5-7-13(12)19/h4-7,9-10H,8H2,1-3H3. The molecule has 1 aromatic carbocycles. The highest BCUT2D eigenvalue weighted by Crippen LogP contribution is 2.28. The Kier molecular flexibility index (Phi) is 4.92. The second-order valence-corrected chi connectivity index (χ2v) is 7.37. The Hall–Kier alpha value is -2.18. The van der Waals surface area contributed by atoms with Crippen LogP contribution in [0.4, 0.5) is 0 Å². The van der Waals surface area contributed by atoms with E-state index >= 15 is 0 Å². The van der Waals surface area contributed by atoms with Gasteiger partial charge in [0.1, 0.15) is 9.71 Å². The molecule has 0 N–H and O–H groups in total. The number of hydrogen-bond acceptors (Lipinski definition) is 5. The van der Waals surface area contributed by atoms with Gasteiger partial charge in [0.2, 0.25) is 0 Å². The van der Waals surface area contributed by atoms with Crippen LogP contribution in [0.3, 0.4) is 0 Å². The van der Waals surface area contributed by atoms with Crippen molar-refractivity contribution in [3.05, 3.63) is 62.0 Å². The van der Waals surface area contributed by atoms with Gasteiger partial charge in [-0.05, 0) is 38.0 Å². The number of carbonyl (C=O) groups excluding carboxylic acids is 1. The number of fused-ring (bicyclic) bond motifs is 1. The number of hydrogen-bond donors (Lipinski definition) is 0. The molecular formula is C18H17ClN2O3S. The molecule has 3 aromatic rings. The van der Waals surface area contributed by atoms with E-state index in [1.807, 2.05) is 18.2 Å². The van der Waals surface area contributed by atoms with Crippen LogP contribution in [0.25, 0.3) is 10.2 Å². The average molecular weight is 377 g/mol. The SMILES string of the molecule is Cc1c(C(=O)OC(C)C)sc2ncn(Cc3ccccc3Cl)c(=O)c12. The third-order valence-electron chi connectivity index (χ3n) is 3.74. The fraction of sp³-hybridized carbons (Fsp3) is 0.278. The molecule has 0 aliphatic rings. The van der Waals surface area contributed by atoms with E-state index in [9.17, 15) is 9.59 Å². The maximum absolute atomic E-state index is 12.9. The molecule has 25 heavy (non-hydrogen) atoms. The zero-order valence-corrected chi connectivity index (χ0v) is 15.6. The highest BCUT2D eigenvalue weighted by Gasteiger charge is 2.21. The molecule has 0 saturated heterocycles. The molecule has 130 valence electrons. The van der Waals surface area contributed by atoms with Crippen molar-refractivity contribution < 1.29 is 9.53 Å². The number of nitrogens with zero attached hydrogens (tertiary/aromatic N) is 2. The van der Waals surface area contributed by atoms with Crippen LogP contribution in [0, 0.1) is 6.92 Å². The van der Waals surface area contributed by atoms with Crippen molar-refractivity contribution in [2.45, 2.75) is 33.4 Å². The Morgan fingerprint density at radius 2 is 2.08 bits per heavy atom. The quantitative estimate of drug-likeness (QED) is 0.645. The number of carbonyl (C=O) groups is 1. The highest BCUT2D eigenvalue weighted by atomic mass is 35.5. The molecule has 0 spiro atoms. The van der Waals surface area contributed by atoms with Gasteiger partial charge in [0, 0.05) is 5.02 Å². The zero-order valence-electron chi connectivity index (χ0n) is 14.1. The fourth-order valence-corrected chi connectivity index (χ4v) is 3.76. The summed E-state index contributed by atoms with van der Waals surface area (Å²) in [7, 11) is 0. The number of aromatic nitrogens is 2. The Morgan fingerprint density at radius 3 is 2.76 bits per heavy atom. The van der Waals surface area contributed by atoms with Gasteiger partial charge in [-0.15, -0.1) is 11.3 Å². The van der Waals surface area contributed by atoms with E-state index in [4.69, 9.17) is 16.3 Å². The number of halogens is 1. The van der Waals surface area contributed by atoms with Crippen LogP contribution in [0.2, 0.25) is 5.02 Å². The van der Waals surface area contributed by atoms with Gasteiger partial charge in [0.05, 0.1) is 24.4 Å². The van der Waals surface area contributed by atoms with Gasteiger partial charge >= 0.3 is 5.97 Å². The van der Waals surface area contributed by atoms with Crippen LogP contribution < -0.4 is 5.56 Å². The van der Waals surface area contributed by atoms with Crippen LogP contribution in [0.5, 0.6) is 0 Å². The van der Waals surface area contributed by atoms with Crippen molar-refractivity contribution in [3.63, 3.8) is 0 Å². The normalized spacial score (nSPS) is 11.2. The van der Waals surface area contributed by atoms with Crippen LogP contribution in [-0.2, 0) is 11.3 Å². The summed E-state index contributed by atoms with van der Waals surface area (Å²) < 4.78 is 6.75. The van der Waals surface area contributed by atoms with E-state index in [-0.39, 0.29) is 11.7 Å². The minimum absolute atomic E-state index is 0.192. The number of thiophene rings is 1. The van der Waals surface area contributed by atoms with Gasteiger partial charge in [-0.1, -0.05) is 29.8 Å². The Bertz CT molecular complexity index is 1010. The summed E-state index contributed by atoms with van der Waals surface area (Å²) in [5.41, 5.74) is 1.25. The molecule has 3 rings (SSSR count). The summed E-state index contributed by atoms with van der Waals surface area (Å²) in [5, 5.41) is 1.05. The molecule has 7 heteroatoms. The molecule has 0 saturated carbocycles. The molecule has 0 amide bonds. The van der Waals surface area contributed by atoms with Gasteiger partial charge < -0.3 is 4.74 Å². The van der Waals surface area contributed by atoms with Crippen molar-refractivity contribution in [1.29, 1.82) is 0 Å². The molecule has 0 unspecified atom stereocenters. The van der Waals surface area contributed by atoms with E-state index in [0.717, 1.165) is 5.56 Å². The number of aryl methyl sites for hydroxylation is 1. The summed E-state index contributed by atoms with van der Waals surface area (Å²) >= 11 is 7.36. The van der Waals surface area contributed by atoms with Gasteiger partial charge in [0.15, 0.2) is 0 Å². The van der Waals surface area contributed by atoms with E-state index in [2.05, 4.69) is 4.98 Å². The second-order valence-electron chi connectivity index (χ2n) is 5.96. The molecule has 0 fully saturated rings. The first-order chi connectivity index (χ1) is 11.9. The van der Waals surface area contributed by atoms with Crippen LogP contribution in [0.1, 0.15) is 34.6 Å². The van der Waals surface area contributed by atoms with Crippen LogP contribution in [0.15, 0.2) is 35.4 Å². The summed E-state index contributed by atoms with van der Waals surface area (Å²) in [6, 6.07) is 7.36. The van der Waals surface area contributed by atoms with Crippen molar-refractivity contribution >= 4 is 39.1 Å². The van der Waals surface area contributed by atoms with Crippen LogP contribution in [-0.4, -0.2) is 21.6 Å². The largest absolute Gasteiger partial charge is 0.459 e. The molecule has 0 aliphatic heterocycles. The van der Waals surface area contributed by atoms with Gasteiger partial charge in [-0.3, -0.25) is 9.36 Å². The first-order valence-corrected chi connectivity index (χ1v) is 9.01. The smallest absolute Gasteiger partial charge is 0.348 e. The lowest BCUT2D eigenvalue weighted by molar-refractivity contribution is 0.0383. The van der Waals surface area contributed by atoms with Crippen molar-refractivity contribution in [2.24, 2.45) is 0 Å². The third kappa shape index (κ3) is 3.45. The van der Waals surface area contributed by atoms with Crippen LogP contribution >= 0.6 is 22.9 Å². The van der Waals surface area contributed by atoms with E-state index in [1.165, 1.54) is 22.2 Å². The van der Waals surface area contributed by atoms with E-state index in [0.29, 0.717) is 32.2 Å². The Labute approximate surface area is 153 Å². The van der Waals surface area contributed by atoms with Crippen molar-refractivity contribution in [2.75, 3.05) is 0 Å². The molecule has 0 bridgehead atoms. The second kappa shape index (κ2) is 6.98. The minimum atomic E-state index is -0.424. The number of rotatable bonds is 4. The first-order valence-electron chi connectivity index (χ1n) is 7.81. The van der Waals surface area contributed by atoms with Gasteiger partial charge in [-0.2, -0.15) is 0 Å². The molecule has 2 aromatic heterocycles. The summed E-state index contributed by atoms with van der Waals surface area (Å²) in [4.78, 5) is 30.4. The maximum atomic E-state index is 12.9. The highest BCUT2D eigenvalue weighted by molar-refractivity contribution is 7.20. The molecular weight excluding hydrogens is 360 g/mol. The van der Waals surface area contributed by atoms with Gasteiger partial charge in [-0.25, -0.2) is 9.78 Å². The summed E-state index contributed by atoms with van der Waals surface area (Å²) in [6.45, 7) is 5.64. The third-order valence-corrected chi connectivity index (χ3v) is 5.29. The lowest BCUT2D eigenvalue weighted by Crippen LogP contribution is -2.21. The summed E-state index contributed by atoms with van der Waals surface area (Å²) in [5.74, 6) is -0.424. The van der Waals surface area contributed by atoms with E-state index < -0.39 is 5.97 Å². The molecule has 0 aliphatic carbocycles. The fourth-order valence-electron chi connectivity index (χ4n) is 2.54. The first kappa shape index (κ1) is 17.6. The number of esters is 1. The van der Waals surface area contributed by atoms with Gasteiger partial charge in [0.25, 0.3) is 5.56 Å². The lowest BCUT2D eigenvalue weighted by atomic mass is 10.2. The number of benzene rings is 1. The zero-order chi connectivity index (χ0) is 18.1. The molecule has 0 atom stereocenters. The topological polar surface area (TPSA) is 61.2 Å². The lowest BCUT2D eigenvalue weighted by Gasteiger charge is -2.07. The van der Waals surface area contributed by atoms with Crippen molar-refractivity contribution in [3.8, 4) is 0 Å². The average Bonchev–Trinajstić information content (AvgIpc) is 2.89. The maximum Gasteiger partial charge on any atom is 0.348 e. The predicted molar refractivity (Wildman–Crippen MR) is 99.7 cm³/mol. The van der Waals surface area contributed by atoms with Crippen molar-refractivity contribution in [1.82, 2.24) is 9.55 Å². The molecule has 0 radical (unpaired) electrons. The van der Waals surface area contributed by atoms with E-state index in [1.54, 1.807) is 26.8 Å². The summed E-state index contributed by atoms with van der Waals surface area (Å²) in [6.07, 6.45) is 1.27. The molecule has 2 heterocycles. The monoisotopic (exact) mass is 376 g/mol. The minimum Gasteiger partial charge on any atom is -0.459 e.